The van der Waals surface area contributed by atoms with E-state index in [2.05, 4.69) is 0 Å². The Hall–Kier alpha value is -3.48. The predicted molar refractivity (Wildman–Crippen MR) is 106 cm³/mol. The monoisotopic (exact) mass is 394 g/mol. The first-order chi connectivity index (χ1) is 13.9. The zero-order valence-electron chi connectivity index (χ0n) is 16.3. The van der Waals surface area contributed by atoms with Crippen molar-refractivity contribution in [3.05, 3.63) is 60.2 Å². The number of carbonyl (C=O) groups is 4. The number of esters is 1. The standard InChI is InChI=1S/C22H22N2O5/c1-15(25)23(13-12-17-6-4-3-5-7-17)20-14-21(27)24(22(20)28)18-8-10-19(11-9-18)29-16(2)26/h3-11,20H,12-14H2,1-2H3. The molecular formula is C22H22N2O5. The van der Waals surface area contributed by atoms with E-state index in [1.54, 1.807) is 12.1 Å². The van der Waals surface area contributed by atoms with Gasteiger partial charge in [-0.15, -0.1) is 0 Å². The molecule has 7 heteroatoms. The first kappa shape index (κ1) is 20.3. The number of anilines is 1. The predicted octanol–water partition coefficient (Wildman–Crippen LogP) is 2.33. The second-order valence-corrected chi connectivity index (χ2v) is 6.82. The maximum atomic E-state index is 13.0. The topological polar surface area (TPSA) is 84.0 Å². The van der Waals surface area contributed by atoms with Crippen molar-refractivity contribution in [2.45, 2.75) is 32.7 Å². The van der Waals surface area contributed by atoms with Gasteiger partial charge in [-0.05, 0) is 36.2 Å². The van der Waals surface area contributed by atoms with E-state index < -0.39 is 17.9 Å². The number of hydrogen-bond acceptors (Lipinski definition) is 5. The van der Waals surface area contributed by atoms with E-state index in [-0.39, 0.29) is 18.2 Å². The summed E-state index contributed by atoms with van der Waals surface area (Å²) < 4.78 is 4.97. The Morgan fingerprint density at radius 3 is 2.28 bits per heavy atom. The molecule has 150 valence electrons. The van der Waals surface area contributed by atoms with Gasteiger partial charge < -0.3 is 9.64 Å². The van der Waals surface area contributed by atoms with Crippen LogP contribution in [0.2, 0.25) is 0 Å². The van der Waals surface area contributed by atoms with Crippen molar-refractivity contribution in [2.24, 2.45) is 0 Å². The summed E-state index contributed by atoms with van der Waals surface area (Å²) in [5, 5.41) is 0. The minimum absolute atomic E-state index is 0.0566. The van der Waals surface area contributed by atoms with Crippen molar-refractivity contribution in [3.8, 4) is 5.75 Å². The second-order valence-electron chi connectivity index (χ2n) is 6.82. The summed E-state index contributed by atoms with van der Waals surface area (Å²) in [6.07, 6.45) is 0.536. The first-order valence-electron chi connectivity index (χ1n) is 9.33. The minimum Gasteiger partial charge on any atom is -0.427 e. The molecular weight excluding hydrogens is 372 g/mol. The smallest absolute Gasteiger partial charge is 0.308 e. The average molecular weight is 394 g/mol. The van der Waals surface area contributed by atoms with Crippen LogP contribution in [-0.4, -0.2) is 41.2 Å². The normalized spacial score (nSPS) is 16.1. The number of benzene rings is 2. The highest BCUT2D eigenvalue weighted by Crippen LogP contribution is 2.27. The molecule has 2 aromatic carbocycles. The summed E-state index contributed by atoms with van der Waals surface area (Å²) in [7, 11) is 0. The fourth-order valence-corrected chi connectivity index (χ4v) is 3.39. The summed E-state index contributed by atoms with van der Waals surface area (Å²) in [6, 6.07) is 14.9. The van der Waals surface area contributed by atoms with Crippen molar-refractivity contribution < 1.29 is 23.9 Å². The molecule has 7 nitrogen and oxygen atoms in total. The third kappa shape index (κ3) is 4.68. The fourth-order valence-electron chi connectivity index (χ4n) is 3.39. The van der Waals surface area contributed by atoms with Gasteiger partial charge in [0.15, 0.2) is 0 Å². The van der Waals surface area contributed by atoms with E-state index in [0.717, 1.165) is 10.5 Å². The van der Waals surface area contributed by atoms with Gasteiger partial charge in [-0.25, -0.2) is 4.90 Å². The molecule has 0 aromatic heterocycles. The van der Waals surface area contributed by atoms with Gasteiger partial charge in [-0.1, -0.05) is 30.3 Å². The highest BCUT2D eigenvalue weighted by atomic mass is 16.5. The number of hydrogen-bond donors (Lipinski definition) is 0. The largest absolute Gasteiger partial charge is 0.427 e. The lowest BCUT2D eigenvalue weighted by atomic mass is 10.1. The summed E-state index contributed by atoms with van der Waals surface area (Å²) in [5.74, 6) is -1.18. The molecule has 1 heterocycles. The Morgan fingerprint density at radius 2 is 1.69 bits per heavy atom. The quantitative estimate of drug-likeness (QED) is 0.427. The minimum atomic E-state index is -0.822. The van der Waals surface area contributed by atoms with Crippen LogP contribution >= 0.6 is 0 Å². The summed E-state index contributed by atoms with van der Waals surface area (Å²) in [6.45, 7) is 3.04. The summed E-state index contributed by atoms with van der Waals surface area (Å²) in [5.41, 5.74) is 1.43. The number of amides is 3. The molecule has 3 amide bonds. The zero-order chi connectivity index (χ0) is 21.0. The zero-order valence-corrected chi connectivity index (χ0v) is 16.3. The Morgan fingerprint density at radius 1 is 1.03 bits per heavy atom. The van der Waals surface area contributed by atoms with Crippen LogP contribution in [0.3, 0.4) is 0 Å². The Balaban J connectivity index is 1.75. The molecule has 1 aliphatic heterocycles. The maximum Gasteiger partial charge on any atom is 0.308 e. The lowest BCUT2D eigenvalue weighted by Crippen LogP contribution is -2.45. The van der Waals surface area contributed by atoms with Crippen LogP contribution in [0.4, 0.5) is 5.69 Å². The fraction of sp³-hybridized carbons (Fsp3) is 0.273. The number of carbonyl (C=O) groups excluding carboxylic acids is 4. The third-order valence-electron chi connectivity index (χ3n) is 4.74. The molecule has 1 atom stereocenters. The van der Waals surface area contributed by atoms with Gasteiger partial charge in [0, 0.05) is 20.4 Å². The Bertz CT molecular complexity index is 924. The average Bonchev–Trinajstić information content (AvgIpc) is 2.97. The van der Waals surface area contributed by atoms with Gasteiger partial charge in [-0.2, -0.15) is 0 Å². The molecule has 3 rings (SSSR count). The van der Waals surface area contributed by atoms with Crippen LogP contribution in [0.5, 0.6) is 5.75 Å². The van der Waals surface area contributed by atoms with E-state index in [1.165, 1.54) is 30.9 Å². The van der Waals surface area contributed by atoms with Crippen molar-refractivity contribution in [2.75, 3.05) is 11.4 Å². The number of ether oxygens (including phenoxy) is 1. The third-order valence-corrected chi connectivity index (χ3v) is 4.74. The van der Waals surface area contributed by atoms with Gasteiger partial charge in [-0.3, -0.25) is 19.2 Å². The number of imide groups is 1. The van der Waals surface area contributed by atoms with Crippen LogP contribution < -0.4 is 9.64 Å². The molecule has 0 aliphatic carbocycles. The van der Waals surface area contributed by atoms with E-state index in [1.807, 2.05) is 30.3 Å². The molecule has 0 radical (unpaired) electrons. The van der Waals surface area contributed by atoms with Gasteiger partial charge in [0.05, 0.1) is 12.1 Å². The molecule has 0 bridgehead atoms. The molecule has 1 saturated heterocycles. The second kappa shape index (κ2) is 8.68. The highest BCUT2D eigenvalue weighted by molar-refractivity contribution is 6.23. The molecule has 0 N–H and O–H groups in total. The van der Waals surface area contributed by atoms with Crippen molar-refractivity contribution in [1.82, 2.24) is 4.90 Å². The lowest BCUT2D eigenvalue weighted by Gasteiger charge is -2.26. The Labute approximate surface area is 168 Å². The Kier molecular flexibility index (Phi) is 6.07. The van der Waals surface area contributed by atoms with Crippen molar-refractivity contribution in [1.29, 1.82) is 0 Å². The molecule has 29 heavy (non-hydrogen) atoms. The van der Waals surface area contributed by atoms with Crippen LogP contribution in [0.15, 0.2) is 54.6 Å². The van der Waals surface area contributed by atoms with Gasteiger partial charge in [0.1, 0.15) is 11.8 Å². The van der Waals surface area contributed by atoms with Crippen LogP contribution in [0.1, 0.15) is 25.8 Å². The van der Waals surface area contributed by atoms with E-state index >= 15 is 0 Å². The summed E-state index contributed by atoms with van der Waals surface area (Å²) in [4.78, 5) is 51.3. The lowest BCUT2D eigenvalue weighted by molar-refractivity contribution is -0.136. The molecule has 0 saturated carbocycles. The van der Waals surface area contributed by atoms with Crippen LogP contribution in [0, 0.1) is 0 Å². The van der Waals surface area contributed by atoms with Crippen molar-refractivity contribution >= 4 is 29.4 Å². The SMILES string of the molecule is CC(=O)Oc1ccc(N2C(=O)CC(N(CCc3ccccc3)C(C)=O)C2=O)cc1. The van der Waals surface area contributed by atoms with Crippen LogP contribution in [0.25, 0.3) is 0 Å². The van der Waals surface area contributed by atoms with Crippen LogP contribution in [-0.2, 0) is 25.6 Å². The molecule has 2 aromatic rings. The summed E-state index contributed by atoms with van der Waals surface area (Å²) >= 11 is 0. The maximum absolute atomic E-state index is 13.0. The first-order valence-corrected chi connectivity index (χ1v) is 9.33. The molecule has 1 fully saturated rings. The molecule has 1 unspecified atom stereocenters. The van der Waals surface area contributed by atoms with E-state index in [4.69, 9.17) is 4.74 Å². The number of rotatable bonds is 6. The molecule has 1 aliphatic rings. The molecule has 0 spiro atoms. The van der Waals surface area contributed by atoms with E-state index in [0.29, 0.717) is 24.4 Å². The highest BCUT2D eigenvalue weighted by Gasteiger charge is 2.43. The van der Waals surface area contributed by atoms with Gasteiger partial charge in [0.25, 0.3) is 5.91 Å². The number of nitrogens with zero attached hydrogens (tertiary/aromatic N) is 2. The van der Waals surface area contributed by atoms with Gasteiger partial charge in [0.2, 0.25) is 11.8 Å². The van der Waals surface area contributed by atoms with E-state index in [9.17, 15) is 19.2 Å². The van der Waals surface area contributed by atoms with Crippen molar-refractivity contribution in [3.63, 3.8) is 0 Å². The van der Waals surface area contributed by atoms with Gasteiger partial charge >= 0.3 is 5.97 Å².